The lowest BCUT2D eigenvalue weighted by atomic mass is 9.75. The van der Waals surface area contributed by atoms with Gasteiger partial charge in [-0.2, -0.15) is 4.98 Å². The van der Waals surface area contributed by atoms with Crippen molar-refractivity contribution in [2.24, 2.45) is 0 Å². The summed E-state index contributed by atoms with van der Waals surface area (Å²) < 4.78 is 13.5. The number of hydrogen-bond donors (Lipinski definition) is 2. The second kappa shape index (κ2) is 14.9. The van der Waals surface area contributed by atoms with E-state index in [9.17, 15) is 14.4 Å². The van der Waals surface area contributed by atoms with E-state index >= 15 is 0 Å². The van der Waals surface area contributed by atoms with Crippen LogP contribution < -0.4 is 11.0 Å². The topological polar surface area (TPSA) is 123 Å². The van der Waals surface area contributed by atoms with E-state index in [2.05, 4.69) is 51.6 Å². The third-order valence-electron chi connectivity index (χ3n) is 8.36. The summed E-state index contributed by atoms with van der Waals surface area (Å²) in [6.07, 6.45) is -0.399. The van der Waals surface area contributed by atoms with Crippen molar-refractivity contribution in [2.45, 2.75) is 30.7 Å². The summed E-state index contributed by atoms with van der Waals surface area (Å²) in [6, 6.07) is 41.6. The Morgan fingerprint density at radius 1 is 0.792 bits per heavy atom. The largest absolute Gasteiger partial charge is 0.481 e. The normalized spacial score (nSPS) is 16.6. The number of rotatable bonds is 12. The highest BCUT2D eigenvalue weighted by Crippen LogP contribution is 2.44. The molecule has 0 spiro atoms. The zero-order valence-corrected chi connectivity index (χ0v) is 26.2. The number of anilines is 2. The fraction of sp³-hybridized carbons (Fsp3) is 0.211. The monoisotopic (exact) mass is 644 g/mol. The van der Waals surface area contributed by atoms with Crippen LogP contribution in [0.5, 0.6) is 0 Å². The Labute approximate surface area is 278 Å². The van der Waals surface area contributed by atoms with Crippen LogP contribution in [0.2, 0.25) is 0 Å². The van der Waals surface area contributed by atoms with Crippen molar-refractivity contribution < 1.29 is 24.2 Å². The van der Waals surface area contributed by atoms with Gasteiger partial charge in [0.15, 0.2) is 6.23 Å². The molecular formula is C38H36N4O6. The highest BCUT2D eigenvalue weighted by Gasteiger charge is 2.46. The SMILES string of the molecule is O=C(O)CCC(=O)OC[C@@H]1CN(C(c2ccccc2)(c2ccccc2)c2ccccc2)C[C@H](n2ccc(Nc3ccccc3)nc2=O)O1. The molecule has 1 aliphatic rings. The lowest BCUT2D eigenvalue weighted by Crippen LogP contribution is -2.58. The minimum atomic E-state index is -1.08. The maximum Gasteiger partial charge on any atom is 0.351 e. The van der Waals surface area contributed by atoms with Gasteiger partial charge in [-0.1, -0.05) is 109 Å². The summed E-state index contributed by atoms with van der Waals surface area (Å²) in [5.41, 5.74) is 2.48. The quantitative estimate of drug-likeness (QED) is 0.132. The molecule has 0 bridgehead atoms. The number of ether oxygens (including phenoxy) is 2. The molecule has 0 saturated carbocycles. The maximum absolute atomic E-state index is 13.6. The van der Waals surface area contributed by atoms with Crippen LogP contribution in [0.15, 0.2) is 138 Å². The minimum Gasteiger partial charge on any atom is -0.481 e. The number of aliphatic carboxylic acids is 1. The van der Waals surface area contributed by atoms with E-state index in [1.807, 2.05) is 84.9 Å². The van der Waals surface area contributed by atoms with Gasteiger partial charge in [-0.3, -0.25) is 19.1 Å². The zero-order valence-electron chi connectivity index (χ0n) is 26.2. The van der Waals surface area contributed by atoms with Gasteiger partial charge in [-0.25, -0.2) is 4.79 Å². The molecule has 48 heavy (non-hydrogen) atoms. The van der Waals surface area contributed by atoms with E-state index in [1.54, 1.807) is 12.3 Å². The fourth-order valence-electron chi connectivity index (χ4n) is 6.26. The third-order valence-corrected chi connectivity index (χ3v) is 8.36. The van der Waals surface area contributed by atoms with Crippen LogP contribution in [0.3, 0.4) is 0 Å². The molecule has 0 amide bonds. The van der Waals surface area contributed by atoms with Crippen molar-refractivity contribution in [3.63, 3.8) is 0 Å². The molecule has 2 N–H and O–H groups in total. The molecule has 1 fully saturated rings. The van der Waals surface area contributed by atoms with Crippen molar-refractivity contribution in [1.82, 2.24) is 14.5 Å². The smallest absolute Gasteiger partial charge is 0.351 e. The number of carboxylic acids is 1. The number of nitrogens with zero attached hydrogens (tertiary/aromatic N) is 3. The zero-order chi connectivity index (χ0) is 33.3. The van der Waals surface area contributed by atoms with E-state index in [4.69, 9.17) is 14.6 Å². The molecule has 6 rings (SSSR count). The molecular weight excluding hydrogens is 608 g/mol. The fourth-order valence-corrected chi connectivity index (χ4v) is 6.26. The molecule has 0 aliphatic carbocycles. The Hall–Kier alpha value is -5.58. The molecule has 1 aliphatic heterocycles. The average molecular weight is 645 g/mol. The van der Waals surface area contributed by atoms with Crippen LogP contribution >= 0.6 is 0 Å². The van der Waals surface area contributed by atoms with Gasteiger partial charge in [-0.05, 0) is 34.9 Å². The number of nitrogens with one attached hydrogen (secondary N) is 1. The number of aromatic nitrogens is 2. The number of carbonyl (C=O) groups is 2. The van der Waals surface area contributed by atoms with E-state index < -0.39 is 35.5 Å². The summed E-state index contributed by atoms with van der Waals surface area (Å²) in [5.74, 6) is -1.32. The second-order valence-corrected chi connectivity index (χ2v) is 11.5. The van der Waals surface area contributed by atoms with Crippen LogP contribution in [0, 0.1) is 0 Å². The van der Waals surface area contributed by atoms with Gasteiger partial charge in [0.05, 0.1) is 18.4 Å². The summed E-state index contributed by atoms with van der Waals surface area (Å²) in [7, 11) is 0. The van der Waals surface area contributed by atoms with Gasteiger partial charge in [0.2, 0.25) is 0 Å². The molecule has 1 saturated heterocycles. The van der Waals surface area contributed by atoms with Crippen LogP contribution in [-0.4, -0.2) is 57.3 Å². The highest BCUT2D eigenvalue weighted by atomic mass is 16.6. The molecule has 4 aromatic carbocycles. The molecule has 2 atom stereocenters. The van der Waals surface area contributed by atoms with Crippen molar-refractivity contribution >= 4 is 23.4 Å². The van der Waals surface area contributed by atoms with E-state index in [1.165, 1.54) is 4.57 Å². The van der Waals surface area contributed by atoms with E-state index in [0.717, 1.165) is 22.4 Å². The number of carboxylic acid groups (broad SMARTS) is 1. The van der Waals surface area contributed by atoms with Crippen LogP contribution in [0.25, 0.3) is 0 Å². The number of hydrogen-bond acceptors (Lipinski definition) is 8. The van der Waals surface area contributed by atoms with Crippen LogP contribution in [0.1, 0.15) is 35.8 Å². The Morgan fingerprint density at radius 2 is 1.33 bits per heavy atom. The lowest BCUT2D eigenvalue weighted by Gasteiger charge is -2.50. The molecule has 10 nitrogen and oxygen atoms in total. The van der Waals surface area contributed by atoms with E-state index in [-0.39, 0.29) is 26.0 Å². The lowest BCUT2D eigenvalue weighted by molar-refractivity contribution is -0.171. The Morgan fingerprint density at radius 3 is 1.85 bits per heavy atom. The van der Waals surface area contributed by atoms with Gasteiger partial charge in [-0.15, -0.1) is 0 Å². The van der Waals surface area contributed by atoms with Crippen molar-refractivity contribution in [1.29, 1.82) is 0 Å². The maximum atomic E-state index is 13.6. The Bertz CT molecular complexity index is 1770. The Kier molecular flexibility index (Phi) is 10.0. The Balaban J connectivity index is 1.42. The van der Waals surface area contributed by atoms with Crippen molar-refractivity contribution in [2.75, 3.05) is 25.0 Å². The average Bonchev–Trinajstić information content (AvgIpc) is 3.12. The summed E-state index contributed by atoms with van der Waals surface area (Å²) in [5, 5.41) is 12.2. The van der Waals surface area contributed by atoms with E-state index in [0.29, 0.717) is 12.4 Å². The first-order valence-electron chi connectivity index (χ1n) is 15.8. The van der Waals surface area contributed by atoms with Crippen LogP contribution in [0.4, 0.5) is 11.5 Å². The molecule has 1 aromatic heterocycles. The standard InChI is InChI=1S/C38H36N4O6/c43-35(44)21-22-36(45)47-27-32-25-41(26-34(48-32)42-24-23-33(40-37(42)46)39-31-19-11-4-12-20-31)38(28-13-5-1-6-14-28,29-15-7-2-8-16-29)30-17-9-3-10-18-30/h1-20,23-24,32,34H,21-22,25-27H2,(H,43,44)(H,39,40,46)/t32-,34+/m0/s1. The third kappa shape index (κ3) is 7.20. The number of morpholine rings is 1. The molecule has 244 valence electrons. The van der Waals surface area contributed by atoms with Crippen molar-refractivity contribution in [3.05, 3.63) is 161 Å². The second-order valence-electron chi connectivity index (χ2n) is 11.5. The first-order valence-corrected chi connectivity index (χ1v) is 15.8. The highest BCUT2D eigenvalue weighted by molar-refractivity contribution is 5.76. The van der Waals surface area contributed by atoms with Gasteiger partial charge < -0.3 is 19.9 Å². The number of esters is 1. The number of para-hydroxylation sites is 1. The van der Waals surface area contributed by atoms with Gasteiger partial charge in [0, 0.05) is 25.0 Å². The van der Waals surface area contributed by atoms with Gasteiger partial charge in [0.1, 0.15) is 18.5 Å². The number of carbonyl (C=O) groups excluding carboxylic acids is 1. The predicted molar refractivity (Wildman–Crippen MR) is 181 cm³/mol. The van der Waals surface area contributed by atoms with Gasteiger partial charge in [0.25, 0.3) is 0 Å². The first-order chi connectivity index (χ1) is 23.4. The summed E-state index contributed by atoms with van der Waals surface area (Å²) >= 11 is 0. The predicted octanol–water partition coefficient (Wildman–Crippen LogP) is 5.59. The van der Waals surface area contributed by atoms with Crippen LogP contribution in [-0.2, 0) is 24.6 Å². The molecule has 5 aromatic rings. The minimum absolute atomic E-state index is 0.129. The van der Waals surface area contributed by atoms with Crippen molar-refractivity contribution in [3.8, 4) is 0 Å². The molecule has 0 unspecified atom stereocenters. The first kappa shape index (κ1) is 32.4. The molecule has 10 heteroatoms. The summed E-state index contributed by atoms with van der Waals surface area (Å²) in [4.78, 5) is 43.7. The molecule has 0 radical (unpaired) electrons. The number of benzene rings is 4. The summed E-state index contributed by atoms with van der Waals surface area (Å²) in [6.45, 7) is 0.488. The van der Waals surface area contributed by atoms with Gasteiger partial charge >= 0.3 is 17.6 Å². The molecule has 2 heterocycles.